The second kappa shape index (κ2) is 11.8. The van der Waals surface area contributed by atoms with Crippen LogP contribution in [0.3, 0.4) is 0 Å². The van der Waals surface area contributed by atoms with E-state index in [0.717, 1.165) is 25.1 Å². The van der Waals surface area contributed by atoms with Gasteiger partial charge in [0.15, 0.2) is 11.2 Å². The van der Waals surface area contributed by atoms with Crippen LogP contribution in [0, 0.1) is 30.0 Å². The highest BCUT2D eigenvalue weighted by molar-refractivity contribution is 6.33. The van der Waals surface area contributed by atoms with Crippen LogP contribution in [0.1, 0.15) is 50.4 Å². The van der Waals surface area contributed by atoms with Crippen LogP contribution in [0.2, 0.25) is 5.02 Å². The molecule has 0 spiro atoms. The van der Waals surface area contributed by atoms with Crippen LogP contribution < -0.4 is 10.7 Å². The van der Waals surface area contributed by atoms with Gasteiger partial charge in [0.05, 0.1) is 53.2 Å². The lowest BCUT2D eigenvalue weighted by Crippen LogP contribution is -2.42. The van der Waals surface area contributed by atoms with Crippen molar-refractivity contribution >= 4 is 28.5 Å². The van der Waals surface area contributed by atoms with Gasteiger partial charge < -0.3 is 19.7 Å². The van der Waals surface area contributed by atoms with Crippen LogP contribution in [0.25, 0.3) is 22.2 Å². The number of rotatable bonds is 6. The molecule has 0 bridgehead atoms. The monoisotopic (exact) mass is 568 g/mol. The van der Waals surface area contributed by atoms with Gasteiger partial charge in [-0.25, -0.2) is 14.4 Å². The molecule has 0 aliphatic carbocycles. The van der Waals surface area contributed by atoms with Gasteiger partial charge in [-0.1, -0.05) is 11.6 Å². The van der Waals surface area contributed by atoms with Gasteiger partial charge in [0, 0.05) is 47.9 Å². The Hall–Kier alpha value is -3.10. The SMILES string of the molecule is Cc1c(CN2CCC[C@H](C#N)C2)n(C(C)C)c2c(F)c(-c3nc(N[C@@H]4CCOC[C@H]4O)ncc3Cl)ccc2c1=O. The predicted octanol–water partition coefficient (Wildman–Crippen LogP) is 4.44. The number of piperidine rings is 1. The molecule has 40 heavy (non-hydrogen) atoms. The summed E-state index contributed by atoms with van der Waals surface area (Å²) >= 11 is 6.48. The largest absolute Gasteiger partial charge is 0.389 e. The van der Waals surface area contributed by atoms with Gasteiger partial charge in [0.25, 0.3) is 0 Å². The number of benzene rings is 1. The highest BCUT2D eigenvalue weighted by atomic mass is 35.5. The summed E-state index contributed by atoms with van der Waals surface area (Å²) in [6.45, 7) is 8.32. The Morgan fingerprint density at radius 1 is 1.35 bits per heavy atom. The lowest BCUT2D eigenvalue weighted by atomic mass is 9.98. The highest BCUT2D eigenvalue weighted by Crippen LogP contribution is 2.34. The summed E-state index contributed by atoms with van der Waals surface area (Å²) in [6.07, 6.45) is 3.02. The molecule has 0 amide bonds. The topological polar surface area (TPSA) is 116 Å². The quantitative estimate of drug-likeness (QED) is 0.448. The number of aliphatic hydroxyl groups is 1. The summed E-state index contributed by atoms with van der Waals surface area (Å²) in [5.41, 5.74) is 1.65. The molecule has 9 nitrogen and oxygen atoms in total. The van der Waals surface area contributed by atoms with E-state index in [9.17, 15) is 15.2 Å². The van der Waals surface area contributed by atoms with Gasteiger partial charge in [-0.15, -0.1) is 0 Å². The molecule has 212 valence electrons. The van der Waals surface area contributed by atoms with E-state index in [1.54, 1.807) is 13.0 Å². The number of ether oxygens (including phenoxy) is 1. The third-order valence-corrected chi connectivity index (χ3v) is 8.16. The van der Waals surface area contributed by atoms with E-state index in [2.05, 4.69) is 26.3 Å². The second-order valence-electron chi connectivity index (χ2n) is 11.0. The standard InChI is InChI=1S/C29H34ClFN6O3/c1-16(2)37-23(14-36-9-4-5-18(11-32)13-36)17(3)28(39)20-7-6-19(25(31)27(20)37)26-21(30)12-33-29(35-26)34-22-8-10-40-15-24(22)38/h6-7,12,16,18,22,24,38H,4-5,8-10,13-15H2,1-3H3,(H,33,34,35)/t18-,22-,24-/m1/s1. The van der Waals surface area contributed by atoms with Crippen molar-refractivity contribution in [2.45, 2.75) is 64.8 Å². The molecule has 3 atom stereocenters. The number of hydrogen-bond donors (Lipinski definition) is 2. The normalized spacial score (nSPS) is 22.0. The van der Waals surface area contributed by atoms with Gasteiger partial charge in [0.1, 0.15) is 0 Å². The van der Waals surface area contributed by atoms with E-state index in [4.69, 9.17) is 16.3 Å². The van der Waals surface area contributed by atoms with Crippen molar-refractivity contribution in [1.82, 2.24) is 19.4 Å². The van der Waals surface area contributed by atoms with Crippen LogP contribution >= 0.6 is 11.6 Å². The lowest BCUT2D eigenvalue weighted by molar-refractivity contribution is -0.0136. The Morgan fingerprint density at radius 3 is 2.88 bits per heavy atom. The van der Waals surface area contributed by atoms with Crippen molar-refractivity contribution in [3.05, 3.63) is 50.7 Å². The molecule has 2 fully saturated rings. The zero-order valence-electron chi connectivity index (χ0n) is 23.0. The number of pyridine rings is 1. The number of likely N-dealkylation sites (tertiary alicyclic amines) is 1. The first-order valence-electron chi connectivity index (χ1n) is 13.7. The Balaban J connectivity index is 1.61. The lowest BCUT2D eigenvalue weighted by Gasteiger charge is -2.32. The van der Waals surface area contributed by atoms with E-state index >= 15 is 4.39 Å². The first-order valence-corrected chi connectivity index (χ1v) is 14.1. The van der Waals surface area contributed by atoms with Crippen LogP contribution in [-0.2, 0) is 11.3 Å². The molecule has 4 heterocycles. The third kappa shape index (κ3) is 5.44. The third-order valence-electron chi connectivity index (χ3n) is 7.88. The van der Waals surface area contributed by atoms with Gasteiger partial charge in [0.2, 0.25) is 5.95 Å². The van der Waals surface area contributed by atoms with Crippen LogP contribution in [0.4, 0.5) is 10.3 Å². The molecule has 2 N–H and O–H groups in total. The van der Waals surface area contributed by atoms with Crippen LogP contribution in [0.5, 0.6) is 0 Å². The van der Waals surface area contributed by atoms with Crippen LogP contribution in [0.15, 0.2) is 23.1 Å². The summed E-state index contributed by atoms with van der Waals surface area (Å²) in [5.74, 6) is -0.425. The molecule has 2 saturated heterocycles. The molecule has 1 aromatic carbocycles. The maximum Gasteiger partial charge on any atom is 0.223 e. The first kappa shape index (κ1) is 28.4. The van der Waals surface area contributed by atoms with E-state index in [1.165, 1.54) is 12.3 Å². The Bertz CT molecular complexity index is 1520. The number of nitrogens with zero attached hydrogens (tertiary/aromatic N) is 5. The molecule has 2 aromatic heterocycles. The number of hydrogen-bond acceptors (Lipinski definition) is 8. The zero-order chi connectivity index (χ0) is 28.6. The fourth-order valence-corrected chi connectivity index (χ4v) is 5.97. The van der Waals surface area contributed by atoms with E-state index in [1.807, 2.05) is 18.4 Å². The minimum absolute atomic E-state index is 0.0537. The molecular formula is C29H34ClFN6O3. The van der Waals surface area contributed by atoms with Gasteiger partial charge in [-0.3, -0.25) is 9.69 Å². The number of halogens is 2. The van der Waals surface area contributed by atoms with Crippen molar-refractivity contribution in [3.8, 4) is 17.3 Å². The van der Waals surface area contributed by atoms with E-state index in [-0.39, 0.29) is 57.8 Å². The minimum atomic E-state index is -0.723. The second-order valence-corrected chi connectivity index (χ2v) is 11.4. The molecule has 3 aromatic rings. The molecule has 2 aliphatic heterocycles. The van der Waals surface area contributed by atoms with Gasteiger partial charge >= 0.3 is 0 Å². The number of nitriles is 1. The molecule has 0 saturated carbocycles. The maximum absolute atomic E-state index is 16.6. The first-order chi connectivity index (χ1) is 19.2. The number of fused-ring (bicyclic) bond motifs is 1. The molecule has 0 radical (unpaired) electrons. The smallest absolute Gasteiger partial charge is 0.223 e. The Morgan fingerprint density at radius 2 is 2.15 bits per heavy atom. The minimum Gasteiger partial charge on any atom is -0.389 e. The van der Waals surface area contributed by atoms with Crippen molar-refractivity contribution in [2.24, 2.45) is 5.92 Å². The summed E-state index contributed by atoms with van der Waals surface area (Å²) in [7, 11) is 0. The van der Waals surface area contributed by atoms with Crippen molar-refractivity contribution in [1.29, 1.82) is 5.26 Å². The van der Waals surface area contributed by atoms with Crippen molar-refractivity contribution in [2.75, 3.05) is 31.6 Å². The van der Waals surface area contributed by atoms with Gasteiger partial charge in [-0.05, 0) is 58.7 Å². The summed E-state index contributed by atoms with van der Waals surface area (Å²) in [6, 6.07) is 5.07. The van der Waals surface area contributed by atoms with E-state index in [0.29, 0.717) is 37.1 Å². The number of aliphatic hydroxyl groups excluding tert-OH is 1. The van der Waals surface area contributed by atoms with Crippen LogP contribution in [-0.4, -0.2) is 63.0 Å². The Labute approximate surface area is 237 Å². The maximum atomic E-state index is 16.6. The fraction of sp³-hybridized carbons (Fsp3) is 0.517. The fourth-order valence-electron chi connectivity index (χ4n) is 5.78. The summed E-state index contributed by atoms with van der Waals surface area (Å²) in [5, 5.41) is 23.3. The summed E-state index contributed by atoms with van der Waals surface area (Å²) < 4.78 is 23.8. The number of aromatic nitrogens is 3. The predicted molar refractivity (Wildman–Crippen MR) is 152 cm³/mol. The molecule has 0 unspecified atom stereocenters. The number of anilines is 1. The molecule has 11 heteroatoms. The molecular weight excluding hydrogens is 535 g/mol. The average molecular weight is 569 g/mol. The summed E-state index contributed by atoms with van der Waals surface area (Å²) in [4.78, 5) is 24.4. The van der Waals surface area contributed by atoms with Crippen molar-refractivity contribution < 1.29 is 14.2 Å². The number of nitrogens with one attached hydrogen (secondary N) is 1. The average Bonchev–Trinajstić information content (AvgIpc) is 2.94. The molecule has 2 aliphatic rings. The zero-order valence-corrected chi connectivity index (χ0v) is 23.7. The highest BCUT2D eigenvalue weighted by Gasteiger charge is 2.27. The van der Waals surface area contributed by atoms with Crippen molar-refractivity contribution in [3.63, 3.8) is 0 Å². The van der Waals surface area contributed by atoms with Gasteiger partial charge in [-0.2, -0.15) is 5.26 Å². The Kier molecular flexibility index (Phi) is 8.38. The van der Waals surface area contributed by atoms with E-state index < -0.39 is 11.9 Å². The molecule has 5 rings (SSSR count).